The van der Waals surface area contributed by atoms with E-state index in [1.165, 1.54) is 37.6 Å². The zero-order valence-corrected chi connectivity index (χ0v) is 21.9. The van der Waals surface area contributed by atoms with Crippen molar-refractivity contribution in [2.24, 2.45) is 0 Å². The molecule has 3 heterocycles. The molecule has 9 nitrogen and oxygen atoms in total. The number of anilines is 1. The number of halogens is 1. The van der Waals surface area contributed by atoms with Crippen LogP contribution in [0.25, 0.3) is 22.2 Å². The molecule has 2 aromatic carbocycles. The van der Waals surface area contributed by atoms with Crippen molar-refractivity contribution in [3.63, 3.8) is 0 Å². The fourth-order valence-electron chi connectivity index (χ4n) is 4.15. The van der Waals surface area contributed by atoms with Crippen LogP contribution in [-0.2, 0) is 0 Å². The van der Waals surface area contributed by atoms with E-state index in [0.29, 0.717) is 57.7 Å². The first-order valence-electron chi connectivity index (χ1n) is 12.4. The van der Waals surface area contributed by atoms with Crippen LogP contribution in [0, 0.1) is 12.7 Å². The number of pyridine rings is 3. The normalized spacial score (nSPS) is 10.8. The Kier molecular flexibility index (Phi) is 7.41. The molecule has 0 radical (unpaired) electrons. The Hall–Kier alpha value is -5.25. The van der Waals surface area contributed by atoms with Gasteiger partial charge in [0, 0.05) is 41.5 Å². The Morgan fingerprint density at radius 3 is 2.50 bits per heavy atom. The van der Waals surface area contributed by atoms with Gasteiger partial charge in [0.15, 0.2) is 11.5 Å². The second-order valence-corrected chi connectivity index (χ2v) is 8.72. The molecule has 0 aliphatic heterocycles. The number of methoxy groups -OCH3 is 1. The highest BCUT2D eigenvalue weighted by atomic mass is 19.1. The van der Waals surface area contributed by atoms with Crippen molar-refractivity contribution in [3.8, 4) is 34.3 Å². The van der Waals surface area contributed by atoms with Crippen LogP contribution < -0.4 is 25.0 Å². The van der Waals surface area contributed by atoms with Crippen molar-refractivity contribution in [1.82, 2.24) is 15.0 Å². The van der Waals surface area contributed by atoms with Crippen LogP contribution in [0.3, 0.4) is 0 Å². The maximum absolute atomic E-state index is 13.3. The highest BCUT2D eigenvalue weighted by molar-refractivity contribution is 6.05. The van der Waals surface area contributed by atoms with Crippen molar-refractivity contribution in [2.75, 3.05) is 19.0 Å². The lowest BCUT2D eigenvalue weighted by Crippen LogP contribution is -2.24. The van der Waals surface area contributed by atoms with E-state index in [9.17, 15) is 14.0 Å². The summed E-state index contributed by atoms with van der Waals surface area (Å²) in [5.41, 5.74) is 2.23. The highest BCUT2D eigenvalue weighted by Crippen LogP contribution is 2.34. The van der Waals surface area contributed by atoms with E-state index in [1.807, 2.05) is 6.92 Å². The van der Waals surface area contributed by atoms with Crippen LogP contribution in [0.5, 0.6) is 23.1 Å². The molecule has 1 amide bonds. The predicted octanol–water partition coefficient (Wildman–Crippen LogP) is 5.88. The number of H-pyrrole nitrogens is 1. The summed E-state index contributed by atoms with van der Waals surface area (Å²) in [4.78, 5) is 38.1. The monoisotopic (exact) mass is 540 g/mol. The van der Waals surface area contributed by atoms with E-state index in [1.54, 1.807) is 49.5 Å². The Labute approximate surface area is 228 Å². The summed E-state index contributed by atoms with van der Waals surface area (Å²) in [7, 11) is 1.53. The van der Waals surface area contributed by atoms with Crippen LogP contribution in [-0.4, -0.2) is 34.6 Å². The summed E-state index contributed by atoms with van der Waals surface area (Å²) in [6, 6.07) is 15.6. The van der Waals surface area contributed by atoms with Crippen LogP contribution in [0.15, 0.2) is 77.9 Å². The van der Waals surface area contributed by atoms with Crippen molar-refractivity contribution >= 4 is 22.6 Å². The van der Waals surface area contributed by atoms with Gasteiger partial charge in [0.05, 0.1) is 19.2 Å². The van der Waals surface area contributed by atoms with E-state index in [0.717, 1.165) is 0 Å². The van der Waals surface area contributed by atoms with Crippen molar-refractivity contribution in [3.05, 3.63) is 100 Å². The van der Waals surface area contributed by atoms with Gasteiger partial charge in [-0.2, -0.15) is 0 Å². The van der Waals surface area contributed by atoms with Crippen LogP contribution in [0.1, 0.15) is 23.0 Å². The predicted molar refractivity (Wildman–Crippen MR) is 149 cm³/mol. The molecule has 0 spiro atoms. The molecular weight excluding hydrogens is 515 g/mol. The molecule has 5 aromatic rings. The summed E-state index contributed by atoms with van der Waals surface area (Å²) in [6.07, 6.45) is 3.12. The second kappa shape index (κ2) is 11.2. The molecule has 3 aromatic heterocycles. The zero-order valence-electron chi connectivity index (χ0n) is 21.9. The van der Waals surface area contributed by atoms with Gasteiger partial charge in [-0.1, -0.05) is 12.1 Å². The number of hydrogen-bond donors (Lipinski definition) is 2. The number of carbonyl (C=O) groups is 1. The highest BCUT2D eigenvalue weighted by Gasteiger charge is 2.18. The lowest BCUT2D eigenvalue weighted by Gasteiger charge is -2.13. The molecule has 0 saturated carbocycles. The van der Waals surface area contributed by atoms with Gasteiger partial charge in [0.2, 0.25) is 5.43 Å². The fourth-order valence-corrected chi connectivity index (χ4v) is 4.15. The first-order chi connectivity index (χ1) is 19.4. The minimum absolute atomic E-state index is 0.0305. The van der Waals surface area contributed by atoms with Gasteiger partial charge in [-0.25, -0.2) is 9.37 Å². The molecule has 5 rings (SSSR count). The zero-order chi connectivity index (χ0) is 28.2. The molecule has 0 fully saturated rings. The van der Waals surface area contributed by atoms with E-state index in [4.69, 9.17) is 14.2 Å². The van der Waals surface area contributed by atoms with Crippen molar-refractivity contribution < 1.29 is 23.4 Å². The molecule has 0 atom stereocenters. The minimum Gasteiger partial charge on any atom is -0.491 e. The third kappa shape index (κ3) is 5.32. The quantitative estimate of drug-likeness (QED) is 0.252. The number of benzene rings is 2. The molecule has 10 heteroatoms. The number of hydrogen-bond acceptors (Lipinski definition) is 7. The average Bonchev–Trinajstić information content (AvgIpc) is 2.95. The van der Waals surface area contributed by atoms with Gasteiger partial charge in [0.1, 0.15) is 22.6 Å². The third-order valence-electron chi connectivity index (χ3n) is 6.11. The molecule has 0 aliphatic rings. The van der Waals surface area contributed by atoms with E-state index >= 15 is 0 Å². The Balaban J connectivity index is 1.36. The Bertz CT molecular complexity index is 1750. The standard InChI is InChI=1S/C30H25FN4O5/c1-4-39-30-25(38-3)15-23-27(35-30)24(13-14-32-23)40-21-11-9-20(10-12-21)34-29(37)26-17(2)33-16-22(28(26)36)18-5-7-19(31)8-6-18/h5-16H,4H2,1-3H3,(H,33,36)(H,34,37). The average molecular weight is 541 g/mol. The number of nitrogens with one attached hydrogen (secondary N) is 2. The number of aryl methyl sites for hydroxylation is 1. The molecule has 0 aliphatic carbocycles. The Morgan fingerprint density at radius 2 is 1.80 bits per heavy atom. The maximum atomic E-state index is 13.3. The van der Waals surface area contributed by atoms with Gasteiger partial charge in [0.25, 0.3) is 11.8 Å². The number of fused-ring (bicyclic) bond motifs is 1. The summed E-state index contributed by atoms with van der Waals surface area (Å²) in [6.45, 7) is 3.91. The number of nitrogens with zero attached hydrogens (tertiary/aromatic N) is 2. The van der Waals surface area contributed by atoms with E-state index in [2.05, 4.69) is 20.3 Å². The number of aromatic amines is 1. The molecule has 202 valence electrons. The largest absolute Gasteiger partial charge is 0.491 e. The molecule has 2 N–H and O–H groups in total. The van der Waals surface area contributed by atoms with E-state index in [-0.39, 0.29) is 11.1 Å². The van der Waals surface area contributed by atoms with Crippen molar-refractivity contribution in [2.45, 2.75) is 13.8 Å². The summed E-state index contributed by atoms with van der Waals surface area (Å²) >= 11 is 0. The van der Waals surface area contributed by atoms with Gasteiger partial charge < -0.3 is 24.5 Å². The van der Waals surface area contributed by atoms with Gasteiger partial charge in [-0.15, -0.1) is 0 Å². The molecule has 0 bridgehead atoms. The van der Waals surface area contributed by atoms with Gasteiger partial charge >= 0.3 is 0 Å². The van der Waals surface area contributed by atoms with Gasteiger partial charge in [-0.3, -0.25) is 14.6 Å². The van der Waals surface area contributed by atoms with Crippen LogP contribution in [0.4, 0.5) is 10.1 Å². The number of rotatable bonds is 8. The topological polar surface area (TPSA) is 115 Å². The Morgan fingerprint density at radius 1 is 1.05 bits per heavy atom. The number of carbonyl (C=O) groups excluding carboxylic acids is 1. The smallest absolute Gasteiger partial charge is 0.261 e. The van der Waals surface area contributed by atoms with Crippen LogP contribution >= 0.6 is 0 Å². The summed E-state index contributed by atoms with van der Waals surface area (Å²) in [5.74, 6) is 0.775. The lowest BCUT2D eigenvalue weighted by atomic mass is 10.0. The van der Waals surface area contributed by atoms with Crippen molar-refractivity contribution in [1.29, 1.82) is 0 Å². The molecule has 0 saturated heterocycles. The number of aromatic nitrogens is 3. The molecule has 40 heavy (non-hydrogen) atoms. The number of amides is 1. The maximum Gasteiger partial charge on any atom is 0.261 e. The minimum atomic E-state index is -0.571. The summed E-state index contributed by atoms with van der Waals surface area (Å²) in [5, 5.41) is 2.76. The van der Waals surface area contributed by atoms with Crippen LogP contribution in [0.2, 0.25) is 0 Å². The first kappa shape index (κ1) is 26.4. The summed E-state index contributed by atoms with van der Waals surface area (Å²) < 4.78 is 30.3. The van der Waals surface area contributed by atoms with E-state index < -0.39 is 17.2 Å². The molecular formula is C30H25FN4O5. The SMILES string of the molecule is CCOc1nc2c(Oc3ccc(NC(=O)c4c(C)[nH]cc(-c5ccc(F)cc5)c4=O)cc3)ccnc2cc1OC. The van der Waals surface area contributed by atoms with Gasteiger partial charge in [-0.05, 0) is 55.8 Å². The number of ether oxygens (including phenoxy) is 3. The lowest BCUT2D eigenvalue weighted by molar-refractivity contribution is 0.102. The first-order valence-corrected chi connectivity index (χ1v) is 12.4. The third-order valence-corrected chi connectivity index (χ3v) is 6.11. The fraction of sp³-hybridized carbons (Fsp3) is 0.133. The molecule has 0 unspecified atom stereocenters. The second-order valence-electron chi connectivity index (χ2n) is 8.72.